The summed E-state index contributed by atoms with van der Waals surface area (Å²) in [5, 5.41) is 20.5. The Balaban J connectivity index is 2.21. The smallest absolute Gasteiger partial charge is 0.115 e. The first-order valence-corrected chi connectivity index (χ1v) is 8.18. The molecule has 0 aliphatic carbocycles. The van der Waals surface area contributed by atoms with Crippen molar-refractivity contribution in [2.45, 2.75) is 52.2 Å². The van der Waals surface area contributed by atoms with Crippen LogP contribution in [0, 0.1) is 5.92 Å². The van der Waals surface area contributed by atoms with E-state index in [1.54, 1.807) is 12.1 Å². The summed E-state index contributed by atoms with van der Waals surface area (Å²) in [5.74, 6) is 0.575. The van der Waals surface area contributed by atoms with Gasteiger partial charge in [0.2, 0.25) is 0 Å². The number of aliphatic hydroxyl groups is 1. The van der Waals surface area contributed by atoms with E-state index in [0.29, 0.717) is 0 Å². The van der Waals surface area contributed by atoms with Crippen LogP contribution in [0.5, 0.6) is 5.75 Å². The molecule has 1 aliphatic heterocycles. The molecular weight excluding hydrogens is 274 g/mol. The number of nitrogens with zero attached hydrogens (tertiary/aromatic N) is 1. The molecule has 3 unspecified atom stereocenters. The Labute approximate surface area is 134 Å². The molecular formula is C19H29NO2. The van der Waals surface area contributed by atoms with Gasteiger partial charge in [-0.05, 0) is 63.8 Å². The van der Waals surface area contributed by atoms with Crippen LogP contribution in [0.3, 0.4) is 0 Å². The van der Waals surface area contributed by atoms with Crippen LogP contribution in [0.1, 0.15) is 39.7 Å². The molecule has 122 valence electrons. The second-order valence-electron chi connectivity index (χ2n) is 7.08. The molecule has 0 amide bonds. The van der Waals surface area contributed by atoms with Crippen LogP contribution in [-0.2, 0) is 6.42 Å². The number of rotatable bonds is 4. The zero-order valence-electron chi connectivity index (χ0n) is 14.2. The van der Waals surface area contributed by atoms with Crippen LogP contribution in [-0.4, -0.2) is 39.8 Å². The number of hydrogen-bond acceptors (Lipinski definition) is 3. The zero-order valence-corrected chi connectivity index (χ0v) is 14.2. The summed E-state index contributed by atoms with van der Waals surface area (Å²) in [4.78, 5) is 2.39. The van der Waals surface area contributed by atoms with Crippen molar-refractivity contribution in [2.75, 3.05) is 13.1 Å². The van der Waals surface area contributed by atoms with Crippen LogP contribution >= 0.6 is 0 Å². The summed E-state index contributed by atoms with van der Waals surface area (Å²) in [5.41, 5.74) is 1.76. The number of hydrogen-bond donors (Lipinski definition) is 2. The van der Waals surface area contributed by atoms with Gasteiger partial charge in [-0.2, -0.15) is 0 Å². The van der Waals surface area contributed by atoms with Crippen molar-refractivity contribution in [3.63, 3.8) is 0 Å². The van der Waals surface area contributed by atoms with Crippen molar-refractivity contribution in [3.8, 4) is 5.75 Å². The Kier molecular flexibility index (Phi) is 5.30. The Bertz CT molecular complexity index is 515. The highest BCUT2D eigenvalue weighted by molar-refractivity contribution is 5.27. The van der Waals surface area contributed by atoms with Crippen molar-refractivity contribution in [1.82, 2.24) is 4.90 Å². The third-order valence-corrected chi connectivity index (χ3v) is 5.06. The van der Waals surface area contributed by atoms with Crippen molar-refractivity contribution >= 4 is 0 Å². The van der Waals surface area contributed by atoms with Gasteiger partial charge in [-0.1, -0.05) is 30.7 Å². The van der Waals surface area contributed by atoms with E-state index in [1.807, 2.05) is 19.1 Å². The molecule has 0 bridgehead atoms. The lowest BCUT2D eigenvalue weighted by Crippen LogP contribution is -2.60. The van der Waals surface area contributed by atoms with E-state index in [9.17, 15) is 10.2 Å². The first kappa shape index (κ1) is 17.0. The molecule has 1 saturated heterocycles. The first-order chi connectivity index (χ1) is 10.3. The van der Waals surface area contributed by atoms with Gasteiger partial charge >= 0.3 is 0 Å². The van der Waals surface area contributed by atoms with E-state index in [0.717, 1.165) is 31.5 Å². The predicted octanol–water partition coefficient (Wildman–Crippen LogP) is 3.36. The maximum absolute atomic E-state index is 11.0. The molecule has 3 nitrogen and oxygen atoms in total. The summed E-state index contributed by atoms with van der Waals surface area (Å²) in [6.07, 6.45) is 4.06. The molecule has 0 radical (unpaired) electrons. The number of piperidine rings is 1. The van der Waals surface area contributed by atoms with E-state index in [4.69, 9.17) is 0 Å². The zero-order chi connectivity index (χ0) is 16.3. The van der Waals surface area contributed by atoms with Gasteiger partial charge in [-0.25, -0.2) is 0 Å². The van der Waals surface area contributed by atoms with E-state index in [-0.39, 0.29) is 17.7 Å². The lowest BCUT2D eigenvalue weighted by atomic mass is 9.75. The third kappa shape index (κ3) is 3.90. The van der Waals surface area contributed by atoms with Crippen molar-refractivity contribution < 1.29 is 10.2 Å². The van der Waals surface area contributed by atoms with Gasteiger partial charge in [0.15, 0.2) is 0 Å². The summed E-state index contributed by atoms with van der Waals surface area (Å²) in [6, 6.07) is 7.43. The minimum Gasteiger partial charge on any atom is -0.508 e. The average molecular weight is 303 g/mol. The van der Waals surface area contributed by atoms with Gasteiger partial charge in [-0.15, -0.1) is 0 Å². The molecule has 0 saturated carbocycles. The van der Waals surface area contributed by atoms with E-state index in [1.165, 1.54) is 5.57 Å². The number of aromatic hydroxyl groups is 1. The normalized spacial score (nSPS) is 29.3. The number of benzene rings is 1. The molecule has 2 N–H and O–H groups in total. The highest BCUT2D eigenvalue weighted by Crippen LogP contribution is 2.34. The highest BCUT2D eigenvalue weighted by atomic mass is 16.3. The lowest BCUT2D eigenvalue weighted by Gasteiger charge is -2.49. The molecule has 1 heterocycles. The van der Waals surface area contributed by atoms with Crippen LogP contribution in [0.25, 0.3) is 0 Å². The fourth-order valence-corrected chi connectivity index (χ4v) is 3.21. The van der Waals surface area contributed by atoms with Crippen molar-refractivity contribution in [1.29, 1.82) is 0 Å². The molecule has 1 fully saturated rings. The topological polar surface area (TPSA) is 43.7 Å². The Morgan fingerprint density at radius 2 is 1.95 bits per heavy atom. The Hall–Kier alpha value is -1.32. The molecule has 1 aromatic carbocycles. The summed E-state index contributed by atoms with van der Waals surface area (Å²) in [6.45, 7) is 10.2. The molecule has 3 atom stereocenters. The fraction of sp³-hybridized carbons (Fsp3) is 0.579. The van der Waals surface area contributed by atoms with Crippen molar-refractivity contribution in [2.24, 2.45) is 5.92 Å². The van der Waals surface area contributed by atoms with Crippen LogP contribution in [0.15, 0.2) is 35.9 Å². The van der Waals surface area contributed by atoms with Crippen LogP contribution < -0.4 is 0 Å². The van der Waals surface area contributed by atoms with Gasteiger partial charge < -0.3 is 10.2 Å². The first-order valence-electron chi connectivity index (χ1n) is 8.18. The second kappa shape index (κ2) is 6.84. The van der Waals surface area contributed by atoms with Gasteiger partial charge in [0.1, 0.15) is 5.75 Å². The summed E-state index contributed by atoms with van der Waals surface area (Å²) >= 11 is 0. The third-order valence-electron chi connectivity index (χ3n) is 5.06. The minimum atomic E-state index is -0.703. The molecule has 0 spiro atoms. The molecule has 3 heteroatoms. The average Bonchev–Trinajstić information content (AvgIpc) is 2.45. The molecule has 22 heavy (non-hydrogen) atoms. The van der Waals surface area contributed by atoms with Crippen LogP contribution in [0.4, 0.5) is 0 Å². The highest BCUT2D eigenvalue weighted by Gasteiger charge is 2.43. The molecule has 0 aromatic heterocycles. The number of allylic oxidation sites excluding steroid dienone is 1. The molecule has 1 aliphatic rings. The predicted molar refractivity (Wildman–Crippen MR) is 91.0 cm³/mol. The van der Waals surface area contributed by atoms with Gasteiger partial charge in [0.05, 0.1) is 5.60 Å². The Morgan fingerprint density at radius 1 is 1.32 bits per heavy atom. The summed E-state index contributed by atoms with van der Waals surface area (Å²) in [7, 11) is 0. The number of likely N-dealkylation sites (tertiary alicyclic amines) is 1. The van der Waals surface area contributed by atoms with Gasteiger partial charge in [0, 0.05) is 12.6 Å². The van der Waals surface area contributed by atoms with E-state index >= 15 is 0 Å². The summed E-state index contributed by atoms with van der Waals surface area (Å²) < 4.78 is 0. The second-order valence-corrected chi connectivity index (χ2v) is 7.08. The van der Waals surface area contributed by atoms with E-state index < -0.39 is 5.60 Å². The van der Waals surface area contributed by atoms with Crippen molar-refractivity contribution in [3.05, 3.63) is 41.5 Å². The maximum atomic E-state index is 11.0. The quantitative estimate of drug-likeness (QED) is 0.838. The SMILES string of the molecule is CC(C)=CCN1CCC(C)C(C)(O)C1Cc1ccc(O)cc1. The van der Waals surface area contributed by atoms with Gasteiger partial charge in [-0.3, -0.25) is 4.90 Å². The molecule has 2 rings (SSSR count). The Morgan fingerprint density at radius 3 is 2.55 bits per heavy atom. The number of phenols is 1. The monoisotopic (exact) mass is 303 g/mol. The largest absolute Gasteiger partial charge is 0.508 e. The number of phenolic OH excluding ortho intramolecular Hbond substituents is 1. The standard InChI is InChI=1S/C19H29NO2/c1-14(2)9-11-20-12-10-15(3)19(4,22)18(20)13-16-5-7-17(21)8-6-16/h5-9,15,18,21-22H,10-13H2,1-4H3. The van der Waals surface area contributed by atoms with Gasteiger partial charge in [0.25, 0.3) is 0 Å². The minimum absolute atomic E-state index is 0.0939. The molecule has 1 aromatic rings. The maximum Gasteiger partial charge on any atom is 0.115 e. The fourth-order valence-electron chi connectivity index (χ4n) is 3.21. The van der Waals surface area contributed by atoms with Crippen LogP contribution in [0.2, 0.25) is 0 Å². The lowest BCUT2D eigenvalue weighted by molar-refractivity contribution is -0.0999. The van der Waals surface area contributed by atoms with E-state index in [2.05, 4.69) is 31.7 Å².